The van der Waals surface area contributed by atoms with Gasteiger partial charge in [0.25, 0.3) is 0 Å². The van der Waals surface area contributed by atoms with Crippen molar-refractivity contribution >= 4 is 23.2 Å². The summed E-state index contributed by atoms with van der Waals surface area (Å²) < 4.78 is 0. The molecule has 0 radical (unpaired) electrons. The Balaban J connectivity index is 1.99. The molecule has 0 heterocycles. The highest BCUT2D eigenvalue weighted by atomic mass is 35.5. The smallest absolute Gasteiger partial charge is 0.226 e. The molecule has 1 amide bonds. The molecular formula is C15H21ClN2O. The molecule has 104 valence electrons. The fourth-order valence-electron chi connectivity index (χ4n) is 2.68. The molecule has 1 saturated carbocycles. The van der Waals surface area contributed by atoms with Crippen molar-refractivity contribution in [2.45, 2.75) is 51.0 Å². The van der Waals surface area contributed by atoms with Crippen LogP contribution in [0.1, 0.15) is 44.1 Å². The molecule has 1 aliphatic carbocycles. The number of benzene rings is 1. The van der Waals surface area contributed by atoms with Gasteiger partial charge >= 0.3 is 0 Å². The number of carbonyl (C=O) groups excluding carboxylic acids is 1. The van der Waals surface area contributed by atoms with Crippen LogP contribution >= 0.6 is 11.6 Å². The summed E-state index contributed by atoms with van der Waals surface area (Å²) in [6, 6.07) is 5.49. The number of halogens is 1. The molecule has 0 unspecified atom stereocenters. The monoisotopic (exact) mass is 280 g/mol. The predicted octanol–water partition coefficient (Wildman–Crippen LogP) is 3.64. The first-order valence-corrected chi connectivity index (χ1v) is 7.21. The van der Waals surface area contributed by atoms with Gasteiger partial charge in [-0.25, -0.2) is 0 Å². The van der Waals surface area contributed by atoms with E-state index in [-0.39, 0.29) is 11.4 Å². The van der Waals surface area contributed by atoms with Crippen LogP contribution < -0.4 is 11.1 Å². The van der Waals surface area contributed by atoms with Gasteiger partial charge in [-0.2, -0.15) is 0 Å². The van der Waals surface area contributed by atoms with Gasteiger partial charge in [0.2, 0.25) is 5.91 Å². The molecule has 0 aliphatic heterocycles. The van der Waals surface area contributed by atoms with Crippen molar-refractivity contribution in [1.29, 1.82) is 0 Å². The number of rotatable bonds is 3. The first-order valence-electron chi connectivity index (χ1n) is 6.83. The highest BCUT2D eigenvalue weighted by molar-refractivity contribution is 6.31. The molecule has 1 fully saturated rings. The molecule has 0 saturated heterocycles. The zero-order valence-electron chi connectivity index (χ0n) is 11.3. The number of aryl methyl sites for hydroxylation is 1. The maximum atomic E-state index is 12.1. The molecule has 1 aromatic carbocycles. The van der Waals surface area contributed by atoms with Crippen molar-refractivity contribution in [1.82, 2.24) is 0 Å². The van der Waals surface area contributed by atoms with Gasteiger partial charge < -0.3 is 11.1 Å². The molecule has 0 atom stereocenters. The predicted molar refractivity (Wildman–Crippen MR) is 79.4 cm³/mol. The highest BCUT2D eigenvalue weighted by Gasteiger charge is 2.30. The summed E-state index contributed by atoms with van der Waals surface area (Å²) in [7, 11) is 0. The Morgan fingerprint density at radius 2 is 2.05 bits per heavy atom. The third-order valence-electron chi connectivity index (χ3n) is 3.84. The number of anilines is 1. The Morgan fingerprint density at radius 1 is 1.37 bits per heavy atom. The molecule has 4 heteroatoms. The minimum Gasteiger partial charge on any atom is -0.326 e. The largest absolute Gasteiger partial charge is 0.326 e. The lowest BCUT2D eigenvalue weighted by Crippen LogP contribution is -2.44. The van der Waals surface area contributed by atoms with Gasteiger partial charge in [0.05, 0.1) is 0 Å². The van der Waals surface area contributed by atoms with Crippen LogP contribution in [0, 0.1) is 6.92 Å². The van der Waals surface area contributed by atoms with E-state index >= 15 is 0 Å². The van der Waals surface area contributed by atoms with E-state index in [9.17, 15) is 4.79 Å². The fraction of sp³-hybridized carbons (Fsp3) is 0.533. The average Bonchev–Trinajstić information content (AvgIpc) is 2.34. The second kappa shape index (κ2) is 5.93. The zero-order chi connectivity index (χ0) is 13.9. The summed E-state index contributed by atoms with van der Waals surface area (Å²) >= 11 is 5.94. The number of nitrogens with two attached hydrogens (primary N) is 1. The van der Waals surface area contributed by atoms with E-state index in [1.165, 1.54) is 6.42 Å². The summed E-state index contributed by atoms with van der Waals surface area (Å²) in [4.78, 5) is 12.1. The number of amides is 1. The summed E-state index contributed by atoms with van der Waals surface area (Å²) in [5.74, 6) is -0.0187. The molecule has 0 aromatic heterocycles. The molecule has 3 nitrogen and oxygen atoms in total. The van der Waals surface area contributed by atoms with Crippen molar-refractivity contribution in [3.05, 3.63) is 28.8 Å². The van der Waals surface area contributed by atoms with E-state index in [1.807, 2.05) is 19.1 Å². The molecule has 2 rings (SSSR count). The van der Waals surface area contributed by atoms with Gasteiger partial charge in [-0.05, 0) is 37.5 Å². The molecule has 1 aromatic rings. The van der Waals surface area contributed by atoms with Gasteiger partial charge in [-0.15, -0.1) is 0 Å². The van der Waals surface area contributed by atoms with Crippen molar-refractivity contribution < 1.29 is 4.79 Å². The van der Waals surface area contributed by atoms with Gasteiger partial charge in [0, 0.05) is 22.7 Å². The molecular weight excluding hydrogens is 260 g/mol. The van der Waals surface area contributed by atoms with Gasteiger partial charge in [-0.3, -0.25) is 4.79 Å². The quantitative estimate of drug-likeness (QED) is 0.888. The molecule has 19 heavy (non-hydrogen) atoms. The van der Waals surface area contributed by atoms with Crippen molar-refractivity contribution in [3.8, 4) is 0 Å². The number of nitrogens with one attached hydrogen (secondary N) is 1. The maximum absolute atomic E-state index is 12.1. The Bertz CT molecular complexity index is 467. The van der Waals surface area contributed by atoms with Crippen molar-refractivity contribution in [2.24, 2.45) is 5.73 Å². The highest BCUT2D eigenvalue weighted by Crippen LogP contribution is 2.29. The van der Waals surface area contributed by atoms with Crippen LogP contribution in [0.25, 0.3) is 0 Å². The second-order valence-corrected chi connectivity index (χ2v) is 6.04. The normalized spacial score (nSPS) is 18.1. The van der Waals surface area contributed by atoms with E-state index in [0.717, 1.165) is 36.9 Å². The van der Waals surface area contributed by atoms with Crippen molar-refractivity contribution in [3.63, 3.8) is 0 Å². The Labute approximate surface area is 119 Å². The van der Waals surface area contributed by atoms with Crippen LogP contribution in [-0.2, 0) is 4.79 Å². The summed E-state index contributed by atoms with van der Waals surface area (Å²) in [5.41, 5.74) is 7.75. The topological polar surface area (TPSA) is 55.1 Å². The van der Waals surface area contributed by atoms with Crippen molar-refractivity contribution in [2.75, 3.05) is 5.32 Å². The molecule has 0 bridgehead atoms. The molecule has 1 aliphatic rings. The zero-order valence-corrected chi connectivity index (χ0v) is 12.1. The Hall–Kier alpha value is -1.06. The SMILES string of the molecule is Cc1ccc(Cl)cc1NC(=O)CC1(N)CCCCC1. The first-order chi connectivity index (χ1) is 8.98. The number of hydrogen-bond acceptors (Lipinski definition) is 2. The number of carbonyl (C=O) groups is 1. The third-order valence-corrected chi connectivity index (χ3v) is 4.07. The van der Waals surface area contributed by atoms with Crippen LogP contribution in [0.3, 0.4) is 0 Å². The van der Waals surface area contributed by atoms with Gasteiger partial charge in [-0.1, -0.05) is 36.9 Å². The second-order valence-electron chi connectivity index (χ2n) is 5.61. The third kappa shape index (κ3) is 3.95. The lowest BCUT2D eigenvalue weighted by Gasteiger charge is -2.32. The summed E-state index contributed by atoms with van der Waals surface area (Å²) in [6.07, 6.45) is 5.75. The van der Waals surface area contributed by atoms with Crippen LogP contribution in [0.2, 0.25) is 5.02 Å². The maximum Gasteiger partial charge on any atom is 0.226 e. The van der Waals surface area contributed by atoms with Gasteiger partial charge in [0.15, 0.2) is 0 Å². The lowest BCUT2D eigenvalue weighted by molar-refractivity contribution is -0.117. The standard InChI is InChI=1S/C15H21ClN2O/c1-11-5-6-12(16)9-13(11)18-14(19)10-15(17)7-3-2-4-8-15/h5-6,9H,2-4,7-8,10,17H2,1H3,(H,18,19). The Morgan fingerprint density at radius 3 is 2.74 bits per heavy atom. The van der Waals surface area contributed by atoms with E-state index in [4.69, 9.17) is 17.3 Å². The van der Waals surface area contributed by atoms with Crippen LogP contribution in [0.4, 0.5) is 5.69 Å². The molecule has 0 spiro atoms. The van der Waals surface area contributed by atoms with E-state index in [0.29, 0.717) is 11.4 Å². The molecule has 3 N–H and O–H groups in total. The average molecular weight is 281 g/mol. The fourth-order valence-corrected chi connectivity index (χ4v) is 2.85. The minimum absolute atomic E-state index is 0.0187. The van der Waals surface area contributed by atoms with E-state index in [1.54, 1.807) is 6.07 Å². The van der Waals surface area contributed by atoms with Crippen LogP contribution in [0.5, 0.6) is 0 Å². The Kier molecular flexibility index (Phi) is 4.48. The van der Waals surface area contributed by atoms with Crippen LogP contribution in [0.15, 0.2) is 18.2 Å². The van der Waals surface area contributed by atoms with Gasteiger partial charge in [0.1, 0.15) is 0 Å². The lowest BCUT2D eigenvalue weighted by atomic mass is 9.80. The van der Waals surface area contributed by atoms with E-state index < -0.39 is 0 Å². The minimum atomic E-state index is -0.325. The summed E-state index contributed by atoms with van der Waals surface area (Å²) in [5, 5.41) is 3.55. The van der Waals surface area contributed by atoms with E-state index in [2.05, 4.69) is 5.32 Å². The summed E-state index contributed by atoms with van der Waals surface area (Å²) in [6.45, 7) is 1.95. The number of hydrogen-bond donors (Lipinski definition) is 2. The first kappa shape index (κ1) is 14.4. The van der Waals surface area contributed by atoms with Crippen LogP contribution in [-0.4, -0.2) is 11.4 Å².